The number of amides is 1. The molecule has 0 fully saturated rings. The molecule has 9 nitrogen and oxygen atoms in total. The molecule has 1 amide bonds. The molecule has 0 aliphatic heterocycles. The number of aromatic amines is 1. The van der Waals surface area contributed by atoms with Crippen LogP contribution < -0.4 is 5.32 Å². The molecule has 0 aromatic carbocycles. The van der Waals surface area contributed by atoms with Crippen molar-refractivity contribution in [3.8, 4) is 0 Å². The molecular formula is C20H28N4O5. The van der Waals surface area contributed by atoms with Crippen molar-refractivity contribution in [2.24, 2.45) is 0 Å². The number of carbonyl (C=O) groups excluding carboxylic acids is 3. The minimum absolute atomic E-state index is 0.115. The Hall–Kier alpha value is -3.10. The zero-order valence-electron chi connectivity index (χ0n) is 17.7. The average molecular weight is 404 g/mol. The summed E-state index contributed by atoms with van der Waals surface area (Å²) in [6.45, 7) is 10.7. The van der Waals surface area contributed by atoms with E-state index in [4.69, 9.17) is 9.47 Å². The first-order valence-corrected chi connectivity index (χ1v) is 9.62. The Bertz CT molecular complexity index is 899. The van der Waals surface area contributed by atoms with Crippen molar-refractivity contribution >= 4 is 23.7 Å². The highest BCUT2D eigenvalue weighted by atomic mass is 16.5. The topological polar surface area (TPSA) is 115 Å². The van der Waals surface area contributed by atoms with Gasteiger partial charge in [0, 0.05) is 11.8 Å². The molecule has 158 valence electrons. The molecule has 0 bridgehead atoms. The second kappa shape index (κ2) is 9.40. The van der Waals surface area contributed by atoms with Gasteiger partial charge in [0.25, 0.3) is 5.91 Å². The molecule has 2 rings (SSSR count). The summed E-state index contributed by atoms with van der Waals surface area (Å²) in [5.74, 6) is -1.18. The summed E-state index contributed by atoms with van der Waals surface area (Å²) in [5.41, 5.74) is 1.35. The third-order valence-electron chi connectivity index (χ3n) is 4.70. The Balaban J connectivity index is 2.09. The van der Waals surface area contributed by atoms with Crippen LogP contribution in [0.2, 0.25) is 0 Å². The highest BCUT2D eigenvalue weighted by Gasteiger charge is 2.27. The van der Waals surface area contributed by atoms with Crippen LogP contribution in [0.4, 0.5) is 5.82 Å². The van der Waals surface area contributed by atoms with E-state index in [1.54, 1.807) is 37.7 Å². The zero-order valence-corrected chi connectivity index (χ0v) is 17.7. The largest absolute Gasteiger partial charge is 0.462 e. The maximum atomic E-state index is 12.5. The van der Waals surface area contributed by atoms with Gasteiger partial charge >= 0.3 is 11.9 Å². The Morgan fingerprint density at radius 1 is 1.21 bits per heavy atom. The van der Waals surface area contributed by atoms with E-state index >= 15 is 0 Å². The van der Waals surface area contributed by atoms with Crippen LogP contribution in [0.5, 0.6) is 0 Å². The highest BCUT2D eigenvalue weighted by Crippen LogP contribution is 2.21. The van der Waals surface area contributed by atoms with Gasteiger partial charge < -0.3 is 19.8 Å². The second-order valence-electron chi connectivity index (χ2n) is 6.80. The molecule has 2 N–H and O–H groups in total. The Labute approximate surface area is 169 Å². The number of anilines is 1. The second-order valence-corrected chi connectivity index (χ2v) is 6.80. The molecule has 0 aliphatic rings. The number of aromatic nitrogens is 3. The van der Waals surface area contributed by atoms with E-state index in [1.807, 2.05) is 13.8 Å². The average Bonchev–Trinajstić information content (AvgIpc) is 3.25. The number of carbonyl (C=O) groups is 3. The summed E-state index contributed by atoms with van der Waals surface area (Å²) in [6, 6.07) is 1.80. The van der Waals surface area contributed by atoms with Gasteiger partial charge in [-0.15, -0.1) is 0 Å². The van der Waals surface area contributed by atoms with Crippen LogP contribution in [0.25, 0.3) is 0 Å². The number of hydrogen-bond acceptors (Lipinski definition) is 6. The Kier molecular flexibility index (Phi) is 7.19. The standard InChI is InChI=1S/C20H28N4O5/c1-7-11(3)24-15(9-10-21-24)23-18(25)14(6)29-20(27)17-12(4)16(13(5)22-17)19(26)28-8-2/h9-11,14,22H,7-8H2,1-6H3,(H,23,25)/t11-,14+/m1/s1. The van der Waals surface area contributed by atoms with Gasteiger partial charge in [0.05, 0.1) is 24.4 Å². The van der Waals surface area contributed by atoms with E-state index in [9.17, 15) is 14.4 Å². The van der Waals surface area contributed by atoms with Crippen molar-refractivity contribution in [1.29, 1.82) is 0 Å². The van der Waals surface area contributed by atoms with Crippen LogP contribution in [0.1, 0.15) is 72.3 Å². The van der Waals surface area contributed by atoms with Crippen LogP contribution in [-0.2, 0) is 14.3 Å². The van der Waals surface area contributed by atoms with Gasteiger partial charge in [-0.25, -0.2) is 14.3 Å². The van der Waals surface area contributed by atoms with Crippen molar-refractivity contribution < 1.29 is 23.9 Å². The number of H-pyrrole nitrogens is 1. The third-order valence-corrected chi connectivity index (χ3v) is 4.70. The van der Waals surface area contributed by atoms with Crippen LogP contribution in [0, 0.1) is 13.8 Å². The number of esters is 2. The number of nitrogens with one attached hydrogen (secondary N) is 2. The summed E-state index contributed by atoms with van der Waals surface area (Å²) in [7, 11) is 0. The van der Waals surface area contributed by atoms with E-state index in [1.165, 1.54) is 6.92 Å². The van der Waals surface area contributed by atoms with Crippen LogP contribution >= 0.6 is 0 Å². The van der Waals surface area contributed by atoms with Crippen molar-refractivity contribution in [2.75, 3.05) is 11.9 Å². The molecule has 2 heterocycles. The highest BCUT2D eigenvalue weighted by molar-refractivity contribution is 6.00. The van der Waals surface area contributed by atoms with E-state index in [0.29, 0.717) is 22.6 Å². The smallest absolute Gasteiger partial charge is 0.355 e. The number of ether oxygens (including phenoxy) is 2. The molecule has 2 aromatic heterocycles. The summed E-state index contributed by atoms with van der Waals surface area (Å²) in [4.78, 5) is 40.0. The van der Waals surface area contributed by atoms with Crippen LogP contribution in [0.3, 0.4) is 0 Å². The summed E-state index contributed by atoms with van der Waals surface area (Å²) < 4.78 is 12.0. The third kappa shape index (κ3) is 4.85. The van der Waals surface area contributed by atoms with Crippen LogP contribution in [0.15, 0.2) is 12.3 Å². The first kappa shape index (κ1) is 22.2. The maximum absolute atomic E-state index is 12.5. The molecular weight excluding hydrogens is 376 g/mol. The summed E-state index contributed by atoms with van der Waals surface area (Å²) in [6.07, 6.45) is 1.40. The molecule has 9 heteroatoms. The minimum atomic E-state index is -1.04. The summed E-state index contributed by atoms with van der Waals surface area (Å²) >= 11 is 0. The Morgan fingerprint density at radius 2 is 1.90 bits per heavy atom. The van der Waals surface area contributed by atoms with Crippen molar-refractivity contribution in [1.82, 2.24) is 14.8 Å². The van der Waals surface area contributed by atoms with Gasteiger partial charge in [0.2, 0.25) is 0 Å². The minimum Gasteiger partial charge on any atom is -0.462 e. The van der Waals surface area contributed by atoms with Crippen molar-refractivity contribution in [3.63, 3.8) is 0 Å². The lowest BCUT2D eigenvalue weighted by Crippen LogP contribution is -2.31. The van der Waals surface area contributed by atoms with Crippen LogP contribution in [-0.4, -0.2) is 45.3 Å². The molecule has 0 unspecified atom stereocenters. The van der Waals surface area contributed by atoms with Gasteiger partial charge in [0.15, 0.2) is 6.10 Å². The van der Waals surface area contributed by atoms with Gasteiger partial charge in [0.1, 0.15) is 11.5 Å². The summed E-state index contributed by atoms with van der Waals surface area (Å²) in [5, 5.41) is 6.94. The molecule has 0 aliphatic carbocycles. The number of hydrogen-bond donors (Lipinski definition) is 2. The molecule has 0 saturated carbocycles. The number of nitrogens with zero attached hydrogens (tertiary/aromatic N) is 2. The van der Waals surface area contributed by atoms with Crippen molar-refractivity contribution in [2.45, 2.75) is 60.1 Å². The molecule has 0 saturated heterocycles. The van der Waals surface area contributed by atoms with Crippen molar-refractivity contribution in [3.05, 3.63) is 34.8 Å². The van der Waals surface area contributed by atoms with Gasteiger partial charge in [-0.05, 0) is 46.6 Å². The van der Waals surface area contributed by atoms with E-state index in [-0.39, 0.29) is 18.3 Å². The van der Waals surface area contributed by atoms with E-state index < -0.39 is 23.9 Å². The molecule has 29 heavy (non-hydrogen) atoms. The monoisotopic (exact) mass is 404 g/mol. The zero-order chi connectivity index (χ0) is 21.7. The predicted octanol–water partition coefficient (Wildman–Crippen LogP) is 3.16. The van der Waals surface area contributed by atoms with Gasteiger partial charge in [-0.2, -0.15) is 5.10 Å². The van der Waals surface area contributed by atoms with Gasteiger partial charge in [-0.1, -0.05) is 6.92 Å². The number of aryl methyl sites for hydroxylation is 1. The molecule has 0 spiro atoms. The lowest BCUT2D eigenvalue weighted by atomic mass is 10.1. The predicted molar refractivity (Wildman–Crippen MR) is 107 cm³/mol. The SMILES string of the molecule is CCOC(=O)c1c(C)[nH]c(C(=O)O[C@@H](C)C(=O)Nc2ccnn2[C@H](C)CC)c1C. The van der Waals surface area contributed by atoms with E-state index in [2.05, 4.69) is 15.4 Å². The van der Waals surface area contributed by atoms with E-state index in [0.717, 1.165) is 6.42 Å². The lowest BCUT2D eigenvalue weighted by molar-refractivity contribution is -0.123. The number of rotatable bonds is 8. The first-order valence-electron chi connectivity index (χ1n) is 9.62. The first-order chi connectivity index (χ1) is 13.7. The molecule has 2 atom stereocenters. The Morgan fingerprint density at radius 3 is 2.52 bits per heavy atom. The quantitative estimate of drug-likeness (QED) is 0.653. The maximum Gasteiger partial charge on any atom is 0.355 e. The molecule has 2 aromatic rings. The fraction of sp³-hybridized carbons (Fsp3) is 0.500. The lowest BCUT2D eigenvalue weighted by Gasteiger charge is -2.17. The fourth-order valence-corrected chi connectivity index (χ4v) is 2.90. The fourth-order valence-electron chi connectivity index (χ4n) is 2.90. The molecule has 0 radical (unpaired) electrons. The normalized spacial score (nSPS) is 12.9. The van der Waals surface area contributed by atoms with Gasteiger partial charge in [-0.3, -0.25) is 4.79 Å².